The Morgan fingerprint density at radius 3 is 2.68 bits per heavy atom. The van der Waals surface area contributed by atoms with Gasteiger partial charge in [-0.05, 0) is 25.6 Å². The number of ether oxygens (including phenoxy) is 1. The molecule has 0 amide bonds. The number of pyridine rings is 1. The number of anilines is 1. The molecule has 0 aliphatic heterocycles. The summed E-state index contributed by atoms with van der Waals surface area (Å²) in [7, 11) is 0. The maximum Gasteiger partial charge on any atom is 0.215 e. The molecule has 1 aromatic rings. The van der Waals surface area contributed by atoms with Gasteiger partial charge in [-0.15, -0.1) is 0 Å². The van der Waals surface area contributed by atoms with E-state index in [4.69, 9.17) is 4.74 Å². The van der Waals surface area contributed by atoms with Crippen LogP contribution in [0.5, 0.6) is 5.88 Å². The lowest BCUT2D eigenvalue weighted by molar-refractivity contribution is 0.218. The van der Waals surface area contributed by atoms with E-state index in [9.17, 15) is 0 Å². The molecule has 0 saturated carbocycles. The molecule has 108 valence electrons. The van der Waals surface area contributed by atoms with E-state index in [0.29, 0.717) is 12.5 Å². The van der Waals surface area contributed by atoms with Crippen LogP contribution in [0.1, 0.15) is 33.6 Å². The molecule has 1 aromatic heterocycles. The molecule has 0 saturated heterocycles. The van der Waals surface area contributed by atoms with Gasteiger partial charge in [-0.25, -0.2) is 0 Å². The van der Waals surface area contributed by atoms with Crippen LogP contribution in [0, 0.1) is 0 Å². The molecule has 1 N–H and O–H groups in total. The second-order valence-corrected chi connectivity index (χ2v) is 4.52. The summed E-state index contributed by atoms with van der Waals surface area (Å²) >= 11 is 0. The molecule has 0 unspecified atom stereocenters. The summed E-state index contributed by atoms with van der Waals surface area (Å²) in [6.07, 6.45) is 2.35. The fraction of sp³-hybridized carbons (Fsp3) is 0.667. The first-order chi connectivity index (χ1) is 9.30. The van der Waals surface area contributed by atoms with Crippen molar-refractivity contribution in [3.8, 4) is 5.88 Å². The Bertz CT molecular complexity index is 340. The average molecular weight is 265 g/mol. The van der Waals surface area contributed by atoms with Gasteiger partial charge in [0, 0.05) is 19.2 Å². The predicted octanol–water partition coefficient (Wildman–Crippen LogP) is 3.01. The van der Waals surface area contributed by atoms with Crippen molar-refractivity contribution < 1.29 is 4.74 Å². The maximum absolute atomic E-state index is 5.69. The van der Waals surface area contributed by atoms with Crippen LogP contribution in [-0.2, 0) is 0 Å². The minimum Gasteiger partial charge on any atom is -0.476 e. The van der Waals surface area contributed by atoms with Crippen molar-refractivity contribution in [3.05, 3.63) is 18.2 Å². The quantitative estimate of drug-likeness (QED) is 0.660. The van der Waals surface area contributed by atoms with Crippen LogP contribution in [0.2, 0.25) is 0 Å². The fourth-order valence-electron chi connectivity index (χ4n) is 1.81. The van der Waals surface area contributed by atoms with Gasteiger partial charge < -0.3 is 15.0 Å². The van der Waals surface area contributed by atoms with Crippen molar-refractivity contribution >= 4 is 5.82 Å². The molecule has 19 heavy (non-hydrogen) atoms. The van der Waals surface area contributed by atoms with Crippen LogP contribution in [-0.4, -0.2) is 42.7 Å². The van der Waals surface area contributed by atoms with E-state index in [2.05, 4.69) is 36.0 Å². The van der Waals surface area contributed by atoms with Crippen molar-refractivity contribution in [1.82, 2.24) is 9.88 Å². The van der Waals surface area contributed by atoms with Gasteiger partial charge in [0.15, 0.2) is 0 Å². The van der Waals surface area contributed by atoms with E-state index in [1.807, 2.05) is 18.2 Å². The Kier molecular flexibility index (Phi) is 7.98. The third-order valence-electron chi connectivity index (χ3n) is 3.11. The third-order valence-corrected chi connectivity index (χ3v) is 3.11. The largest absolute Gasteiger partial charge is 0.476 e. The maximum atomic E-state index is 5.69. The number of aromatic nitrogens is 1. The monoisotopic (exact) mass is 265 g/mol. The summed E-state index contributed by atoms with van der Waals surface area (Å²) in [5, 5.41) is 3.31. The van der Waals surface area contributed by atoms with Gasteiger partial charge in [0.25, 0.3) is 0 Å². The second kappa shape index (κ2) is 9.62. The van der Waals surface area contributed by atoms with Crippen molar-refractivity contribution in [2.75, 3.05) is 38.1 Å². The highest BCUT2D eigenvalue weighted by Crippen LogP contribution is 2.11. The Hall–Kier alpha value is -1.29. The second-order valence-electron chi connectivity index (χ2n) is 4.52. The molecule has 0 fully saturated rings. The molecule has 0 bridgehead atoms. The van der Waals surface area contributed by atoms with E-state index in [1.54, 1.807) is 0 Å². The van der Waals surface area contributed by atoms with Gasteiger partial charge in [-0.1, -0.05) is 33.3 Å². The van der Waals surface area contributed by atoms with E-state index in [0.717, 1.165) is 38.4 Å². The van der Waals surface area contributed by atoms with Gasteiger partial charge in [-0.3, -0.25) is 0 Å². The van der Waals surface area contributed by atoms with E-state index >= 15 is 0 Å². The first-order valence-corrected chi connectivity index (χ1v) is 7.36. The van der Waals surface area contributed by atoms with Crippen LogP contribution in [0.3, 0.4) is 0 Å². The SMILES string of the molecule is CCCCNc1cccc(OCCN(CC)CC)n1. The molecule has 1 heterocycles. The first kappa shape index (κ1) is 15.8. The van der Waals surface area contributed by atoms with E-state index in [1.165, 1.54) is 6.42 Å². The third kappa shape index (κ3) is 6.43. The molecular weight excluding hydrogens is 238 g/mol. The highest BCUT2D eigenvalue weighted by molar-refractivity contribution is 5.36. The zero-order chi connectivity index (χ0) is 13.9. The van der Waals surface area contributed by atoms with Crippen molar-refractivity contribution in [3.63, 3.8) is 0 Å². The number of unbranched alkanes of at least 4 members (excludes halogenated alkanes) is 1. The Labute approximate surface area is 117 Å². The van der Waals surface area contributed by atoms with E-state index < -0.39 is 0 Å². The topological polar surface area (TPSA) is 37.4 Å². The van der Waals surface area contributed by atoms with Crippen LogP contribution in [0.4, 0.5) is 5.82 Å². The van der Waals surface area contributed by atoms with Gasteiger partial charge in [0.1, 0.15) is 12.4 Å². The van der Waals surface area contributed by atoms with Crippen LogP contribution >= 0.6 is 0 Å². The summed E-state index contributed by atoms with van der Waals surface area (Å²) in [6, 6.07) is 5.87. The number of hydrogen-bond acceptors (Lipinski definition) is 4. The lowest BCUT2D eigenvalue weighted by atomic mass is 10.3. The van der Waals surface area contributed by atoms with Gasteiger partial charge in [0.05, 0.1) is 0 Å². The highest BCUT2D eigenvalue weighted by Gasteiger charge is 2.01. The summed E-state index contributed by atoms with van der Waals surface area (Å²) < 4.78 is 5.69. The summed E-state index contributed by atoms with van der Waals surface area (Å²) in [5.74, 6) is 1.60. The molecule has 0 atom stereocenters. The van der Waals surface area contributed by atoms with Crippen molar-refractivity contribution in [2.45, 2.75) is 33.6 Å². The standard InChI is InChI=1S/C15H27N3O/c1-4-7-11-16-14-9-8-10-15(17-14)19-13-12-18(5-2)6-3/h8-10H,4-7,11-13H2,1-3H3,(H,16,17). The molecule has 0 spiro atoms. The van der Waals surface area contributed by atoms with Crippen LogP contribution in [0.25, 0.3) is 0 Å². The normalized spacial score (nSPS) is 10.7. The molecule has 0 aromatic carbocycles. The predicted molar refractivity (Wildman–Crippen MR) is 80.9 cm³/mol. The zero-order valence-corrected chi connectivity index (χ0v) is 12.5. The van der Waals surface area contributed by atoms with Gasteiger partial charge in [0.2, 0.25) is 5.88 Å². The lowest BCUT2D eigenvalue weighted by Gasteiger charge is -2.17. The number of nitrogens with one attached hydrogen (secondary N) is 1. The summed E-state index contributed by atoms with van der Waals surface area (Å²) in [5.41, 5.74) is 0. The average Bonchev–Trinajstić information content (AvgIpc) is 2.44. The molecule has 1 rings (SSSR count). The lowest BCUT2D eigenvalue weighted by Crippen LogP contribution is -2.28. The minimum absolute atomic E-state index is 0.688. The molecule has 4 nitrogen and oxygen atoms in total. The Morgan fingerprint density at radius 2 is 2.00 bits per heavy atom. The number of hydrogen-bond donors (Lipinski definition) is 1. The van der Waals surface area contributed by atoms with Gasteiger partial charge >= 0.3 is 0 Å². The molecule has 4 heteroatoms. The number of nitrogens with zero attached hydrogens (tertiary/aromatic N) is 2. The number of likely N-dealkylation sites (N-methyl/N-ethyl adjacent to an activating group) is 1. The van der Waals surface area contributed by atoms with Crippen LogP contribution < -0.4 is 10.1 Å². The zero-order valence-electron chi connectivity index (χ0n) is 12.5. The van der Waals surface area contributed by atoms with Crippen molar-refractivity contribution in [1.29, 1.82) is 0 Å². The van der Waals surface area contributed by atoms with Gasteiger partial charge in [-0.2, -0.15) is 4.98 Å². The molecule has 0 aliphatic carbocycles. The minimum atomic E-state index is 0.688. The summed E-state index contributed by atoms with van der Waals surface area (Å²) in [6.45, 7) is 11.2. The molecule has 0 radical (unpaired) electrons. The Morgan fingerprint density at radius 1 is 1.21 bits per heavy atom. The first-order valence-electron chi connectivity index (χ1n) is 7.36. The van der Waals surface area contributed by atoms with E-state index in [-0.39, 0.29) is 0 Å². The molecular formula is C15H27N3O. The summed E-state index contributed by atoms with van der Waals surface area (Å²) in [4.78, 5) is 6.78. The highest BCUT2D eigenvalue weighted by atomic mass is 16.5. The number of rotatable bonds is 10. The Balaban J connectivity index is 2.35. The smallest absolute Gasteiger partial charge is 0.215 e. The van der Waals surface area contributed by atoms with Crippen molar-refractivity contribution in [2.24, 2.45) is 0 Å². The van der Waals surface area contributed by atoms with Crippen LogP contribution in [0.15, 0.2) is 18.2 Å². The fourth-order valence-corrected chi connectivity index (χ4v) is 1.81. The molecule has 0 aliphatic rings.